The number of carboxylic acids is 1. The molecule has 1 saturated heterocycles. The lowest BCUT2D eigenvalue weighted by Gasteiger charge is -2.14. The minimum absolute atomic E-state index is 0.140. The molecule has 2 fully saturated rings. The van der Waals surface area contributed by atoms with Crippen molar-refractivity contribution in [1.29, 1.82) is 0 Å². The molecule has 2 aliphatic rings. The molecule has 0 spiro atoms. The highest BCUT2D eigenvalue weighted by atomic mass is 35.5. The summed E-state index contributed by atoms with van der Waals surface area (Å²) in [5.74, 6) is -1.46. The molecule has 12 heteroatoms. The topological polar surface area (TPSA) is 100 Å². The maximum atomic E-state index is 13.0. The Kier molecular flexibility index (Phi) is 8.01. The molecule has 0 atom stereocenters. The lowest BCUT2D eigenvalue weighted by molar-refractivity contribution is -0.192. The molecule has 0 radical (unpaired) electrons. The standard InChI is InChI=1S/C23H24ClN5O.C2HF3O2/c24-19-4-3-5-20(11-19)27-22(30)21-10-17(15-29(21)14-16-6-7-16)18-12-25-23(26-13-18)28-8-1-2-9-28;3-2(4,5)1(6)7/h3-5,10-13,15-16H,1-2,6-9,14H2,(H,27,30);(H,6,7). The minimum Gasteiger partial charge on any atom is -0.475 e. The Bertz CT molecular complexity index is 1250. The number of aliphatic carboxylic acids is 1. The van der Waals surface area contributed by atoms with Crippen molar-refractivity contribution < 1.29 is 27.9 Å². The Morgan fingerprint density at radius 1 is 1.08 bits per heavy atom. The number of aromatic nitrogens is 3. The summed E-state index contributed by atoms with van der Waals surface area (Å²) >= 11 is 6.05. The number of rotatable bonds is 6. The van der Waals surface area contributed by atoms with Crippen molar-refractivity contribution in [2.75, 3.05) is 23.3 Å². The molecule has 1 aliphatic heterocycles. The highest BCUT2D eigenvalue weighted by molar-refractivity contribution is 6.31. The second-order valence-electron chi connectivity index (χ2n) is 8.94. The van der Waals surface area contributed by atoms with Gasteiger partial charge in [0.15, 0.2) is 0 Å². The first-order chi connectivity index (χ1) is 17.6. The lowest BCUT2D eigenvalue weighted by Crippen LogP contribution is -2.21. The van der Waals surface area contributed by atoms with Crippen molar-refractivity contribution in [3.05, 3.63) is 59.6 Å². The van der Waals surface area contributed by atoms with Crippen molar-refractivity contribution in [3.8, 4) is 11.1 Å². The highest BCUT2D eigenvalue weighted by Crippen LogP contribution is 2.33. The van der Waals surface area contributed by atoms with E-state index in [1.54, 1.807) is 12.1 Å². The molecule has 37 heavy (non-hydrogen) atoms. The van der Waals surface area contributed by atoms with Crippen LogP contribution in [0.4, 0.5) is 24.8 Å². The van der Waals surface area contributed by atoms with Gasteiger partial charge in [-0.3, -0.25) is 4.79 Å². The Balaban J connectivity index is 0.000000405. The first kappa shape index (κ1) is 26.5. The van der Waals surface area contributed by atoms with E-state index in [0.29, 0.717) is 22.3 Å². The molecular formula is C25H25ClF3N5O3. The first-order valence-corrected chi connectivity index (χ1v) is 12.1. The number of carbonyl (C=O) groups excluding carboxylic acids is 1. The molecule has 8 nitrogen and oxygen atoms in total. The fourth-order valence-electron chi connectivity index (χ4n) is 3.90. The zero-order valence-electron chi connectivity index (χ0n) is 19.7. The van der Waals surface area contributed by atoms with Crippen LogP contribution >= 0.6 is 11.6 Å². The molecular weight excluding hydrogens is 511 g/mol. The number of benzene rings is 1. The number of hydrogen-bond donors (Lipinski definition) is 2. The van der Waals surface area contributed by atoms with Gasteiger partial charge in [-0.2, -0.15) is 13.2 Å². The van der Waals surface area contributed by atoms with Crippen LogP contribution in [0.2, 0.25) is 5.02 Å². The van der Waals surface area contributed by atoms with Crippen molar-refractivity contribution >= 4 is 35.1 Å². The van der Waals surface area contributed by atoms with Crippen LogP contribution in [0.25, 0.3) is 11.1 Å². The SMILES string of the molecule is O=C(Nc1cccc(Cl)c1)c1cc(-c2cnc(N3CCCC3)nc2)cn1CC1CC1.O=C(O)C(F)(F)F. The highest BCUT2D eigenvalue weighted by Gasteiger charge is 2.38. The van der Waals surface area contributed by atoms with E-state index in [2.05, 4.69) is 24.8 Å². The molecule has 0 unspecified atom stereocenters. The van der Waals surface area contributed by atoms with Gasteiger partial charge in [0.25, 0.3) is 5.91 Å². The maximum Gasteiger partial charge on any atom is 0.490 e. The number of halogens is 4. The average Bonchev–Trinajstić information content (AvgIpc) is 3.31. The third-order valence-electron chi connectivity index (χ3n) is 5.97. The minimum atomic E-state index is -5.08. The van der Waals surface area contributed by atoms with E-state index in [0.717, 1.165) is 36.7 Å². The molecule has 2 N–H and O–H groups in total. The lowest BCUT2D eigenvalue weighted by atomic mass is 10.2. The summed E-state index contributed by atoms with van der Waals surface area (Å²) in [6.45, 7) is 2.89. The van der Waals surface area contributed by atoms with Gasteiger partial charge < -0.3 is 19.9 Å². The van der Waals surface area contributed by atoms with Crippen molar-refractivity contribution in [1.82, 2.24) is 14.5 Å². The van der Waals surface area contributed by atoms with Crippen LogP contribution in [0.5, 0.6) is 0 Å². The number of hydrogen-bond acceptors (Lipinski definition) is 5. The van der Waals surface area contributed by atoms with E-state index in [1.807, 2.05) is 36.8 Å². The predicted molar refractivity (Wildman–Crippen MR) is 133 cm³/mol. The van der Waals surface area contributed by atoms with Crippen LogP contribution in [0.1, 0.15) is 36.2 Å². The number of nitrogens with zero attached hydrogens (tertiary/aromatic N) is 4. The molecule has 1 saturated carbocycles. The third-order valence-corrected chi connectivity index (χ3v) is 6.20. The van der Waals surface area contributed by atoms with Crippen LogP contribution in [0.3, 0.4) is 0 Å². The second-order valence-corrected chi connectivity index (χ2v) is 9.38. The van der Waals surface area contributed by atoms with E-state index in [4.69, 9.17) is 21.5 Å². The van der Waals surface area contributed by atoms with Crippen LogP contribution in [0, 0.1) is 5.92 Å². The van der Waals surface area contributed by atoms with Gasteiger partial charge in [-0.25, -0.2) is 14.8 Å². The summed E-state index contributed by atoms with van der Waals surface area (Å²) < 4.78 is 33.8. The summed E-state index contributed by atoms with van der Waals surface area (Å²) in [6.07, 6.45) is 5.50. The van der Waals surface area contributed by atoms with Gasteiger partial charge >= 0.3 is 12.1 Å². The van der Waals surface area contributed by atoms with E-state index < -0.39 is 12.1 Å². The van der Waals surface area contributed by atoms with Crippen molar-refractivity contribution in [2.45, 2.75) is 38.4 Å². The molecule has 2 aromatic heterocycles. The monoisotopic (exact) mass is 535 g/mol. The van der Waals surface area contributed by atoms with Crippen molar-refractivity contribution in [2.24, 2.45) is 5.92 Å². The molecule has 3 heterocycles. The number of anilines is 2. The zero-order valence-corrected chi connectivity index (χ0v) is 20.5. The smallest absolute Gasteiger partial charge is 0.475 e. The van der Waals surface area contributed by atoms with Gasteiger partial charge in [-0.05, 0) is 55.9 Å². The molecule has 1 amide bonds. The normalized spacial score (nSPS) is 15.2. The molecule has 1 aliphatic carbocycles. The van der Waals surface area contributed by atoms with Gasteiger partial charge in [-0.15, -0.1) is 0 Å². The van der Waals surface area contributed by atoms with Gasteiger partial charge in [-0.1, -0.05) is 17.7 Å². The molecule has 1 aromatic carbocycles. The number of alkyl halides is 3. The fourth-order valence-corrected chi connectivity index (χ4v) is 4.09. The quantitative estimate of drug-likeness (QED) is 0.433. The number of carbonyl (C=O) groups is 2. The summed E-state index contributed by atoms with van der Waals surface area (Å²) in [4.78, 5) is 33.2. The average molecular weight is 536 g/mol. The molecule has 3 aromatic rings. The fraction of sp³-hybridized carbons (Fsp3) is 0.360. The van der Waals surface area contributed by atoms with E-state index in [1.165, 1.54) is 25.7 Å². The number of nitrogens with one attached hydrogen (secondary N) is 1. The Hall–Kier alpha value is -3.60. The maximum absolute atomic E-state index is 13.0. The largest absolute Gasteiger partial charge is 0.490 e. The van der Waals surface area contributed by atoms with Crippen LogP contribution < -0.4 is 10.2 Å². The summed E-state index contributed by atoms with van der Waals surface area (Å²) in [7, 11) is 0. The summed E-state index contributed by atoms with van der Waals surface area (Å²) in [5.41, 5.74) is 3.20. The van der Waals surface area contributed by atoms with Gasteiger partial charge in [0.05, 0.1) is 0 Å². The predicted octanol–water partition coefficient (Wildman–Crippen LogP) is 5.49. The van der Waals surface area contributed by atoms with Gasteiger partial charge in [0, 0.05) is 60.1 Å². The van der Waals surface area contributed by atoms with Crippen LogP contribution in [-0.4, -0.2) is 50.8 Å². The Morgan fingerprint density at radius 3 is 2.30 bits per heavy atom. The zero-order chi connectivity index (χ0) is 26.6. The molecule has 0 bridgehead atoms. The first-order valence-electron chi connectivity index (χ1n) is 11.7. The number of amides is 1. The number of carboxylic acid groups (broad SMARTS) is 1. The Morgan fingerprint density at radius 2 is 1.73 bits per heavy atom. The van der Waals surface area contributed by atoms with Crippen LogP contribution in [-0.2, 0) is 11.3 Å². The van der Waals surface area contributed by atoms with E-state index in [9.17, 15) is 18.0 Å². The van der Waals surface area contributed by atoms with Crippen LogP contribution in [0.15, 0.2) is 48.9 Å². The summed E-state index contributed by atoms with van der Waals surface area (Å²) in [5, 5.41) is 10.7. The van der Waals surface area contributed by atoms with Gasteiger partial charge in [0.1, 0.15) is 5.69 Å². The third kappa shape index (κ3) is 7.22. The second kappa shape index (κ2) is 11.2. The van der Waals surface area contributed by atoms with Crippen molar-refractivity contribution in [3.63, 3.8) is 0 Å². The Labute approximate surface area is 216 Å². The summed E-state index contributed by atoms with van der Waals surface area (Å²) in [6, 6.07) is 9.13. The van der Waals surface area contributed by atoms with E-state index >= 15 is 0 Å². The van der Waals surface area contributed by atoms with E-state index in [-0.39, 0.29) is 5.91 Å². The molecule has 5 rings (SSSR count). The van der Waals surface area contributed by atoms with Gasteiger partial charge in [0.2, 0.25) is 5.95 Å². The molecule has 196 valence electrons.